The number of hydrogen-bond donors (Lipinski definition) is 2. The molecule has 0 saturated carbocycles. The SMILES string of the molecule is Cc1c(-c2noc(-c3ccc(OC(C)C)c(C#N)c3)n2)ccc2c1CCN(C(=O)[C@@](C)(N)CO)C2. The molecule has 1 aromatic heterocycles. The molecule has 9 nitrogen and oxygen atoms in total. The molecule has 2 aromatic carbocycles. The van der Waals surface area contributed by atoms with Gasteiger partial charge in [0.2, 0.25) is 11.7 Å². The molecule has 3 N–H and O–H groups in total. The Kier molecular flexibility index (Phi) is 6.61. The van der Waals surface area contributed by atoms with Crippen LogP contribution in [0.1, 0.15) is 43.0 Å². The van der Waals surface area contributed by atoms with Gasteiger partial charge in [-0.25, -0.2) is 0 Å². The van der Waals surface area contributed by atoms with E-state index in [0.717, 1.165) is 22.3 Å². The second-order valence-corrected chi connectivity index (χ2v) is 9.34. The van der Waals surface area contributed by atoms with E-state index in [1.807, 2.05) is 32.9 Å². The van der Waals surface area contributed by atoms with E-state index < -0.39 is 12.1 Å². The molecule has 2 heterocycles. The number of rotatable bonds is 6. The van der Waals surface area contributed by atoms with Crippen molar-refractivity contribution in [3.8, 4) is 34.7 Å². The molecule has 4 rings (SSSR count). The van der Waals surface area contributed by atoms with Crippen LogP contribution in [0.2, 0.25) is 0 Å². The zero-order chi connectivity index (χ0) is 25.3. The fourth-order valence-corrected chi connectivity index (χ4v) is 4.24. The van der Waals surface area contributed by atoms with Crippen LogP contribution in [0.25, 0.3) is 22.8 Å². The van der Waals surface area contributed by atoms with Gasteiger partial charge in [0, 0.05) is 24.2 Å². The molecule has 3 aromatic rings. The van der Waals surface area contributed by atoms with Gasteiger partial charge in [-0.2, -0.15) is 10.2 Å². The van der Waals surface area contributed by atoms with Crippen molar-refractivity contribution in [2.75, 3.05) is 13.2 Å². The zero-order valence-corrected chi connectivity index (χ0v) is 20.3. The third kappa shape index (κ3) is 4.76. The number of hydrogen-bond acceptors (Lipinski definition) is 8. The van der Waals surface area contributed by atoms with Gasteiger partial charge >= 0.3 is 0 Å². The first-order chi connectivity index (χ1) is 16.6. The predicted molar refractivity (Wildman–Crippen MR) is 129 cm³/mol. The van der Waals surface area contributed by atoms with Gasteiger partial charge in [-0.3, -0.25) is 4.79 Å². The summed E-state index contributed by atoms with van der Waals surface area (Å²) in [4.78, 5) is 18.9. The number of nitrogens with two attached hydrogens (primary N) is 1. The molecule has 1 aliphatic heterocycles. The molecule has 182 valence electrons. The Hall–Kier alpha value is -3.74. The van der Waals surface area contributed by atoms with Crippen molar-refractivity contribution < 1.29 is 19.2 Å². The maximum atomic E-state index is 12.7. The minimum Gasteiger partial charge on any atom is -0.490 e. The summed E-state index contributed by atoms with van der Waals surface area (Å²) >= 11 is 0. The first-order valence-corrected chi connectivity index (χ1v) is 11.5. The number of aliphatic hydroxyl groups is 1. The van der Waals surface area contributed by atoms with Crippen molar-refractivity contribution >= 4 is 5.91 Å². The van der Waals surface area contributed by atoms with Gasteiger partial charge in [0.05, 0.1) is 18.3 Å². The van der Waals surface area contributed by atoms with Crippen LogP contribution in [0.15, 0.2) is 34.9 Å². The number of benzene rings is 2. The van der Waals surface area contributed by atoms with Gasteiger partial charge in [0.25, 0.3) is 5.89 Å². The molecular weight excluding hydrogens is 446 g/mol. The maximum absolute atomic E-state index is 12.7. The summed E-state index contributed by atoms with van der Waals surface area (Å²) in [5.41, 5.74) is 9.73. The molecule has 0 radical (unpaired) electrons. The standard InChI is InChI=1S/C26H29N5O4/c1-15(2)34-22-8-6-17(11-19(22)12-27)24-29-23(30-35-24)21-7-5-18-13-31(10-9-20(18)16(21)3)25(33)26(4,28)14-32/h5-8,11,15,32H,9-10,13-14,28H2,1-4H3/t26-/m0/s1. The lowest BCUT2D eigenvalue weighted by molar-refractivity contribution is -0.138. The first kappa shape index (κ1) is 24.4. The Morgan fingerprint density at radius 1 is 1.37 bits per heavy atom. The molecule has 1 aliphatic rings. The minimum atomic E-state index is -1.29. The van der Waals surface area contributed by atoms with Crippen molar-refractivity contribution in [2.24, 2.45) is 5.73 Å². The summed E-state index contributed by atoms with van der Waals surface area (Å²) in [6.07, 6.45) is 0.616. The van der Waals surface area contributed by atoms with Crippen LogP contribution in [0.5, 0.6) is 5.75 Å². The van der Waals surface area contributed by atoms with Gasteiger partial charge < -0.3 is 25.0 Å². The van der Waals surface area contributed by atoms with E-state index in [2.05, 4.69) is 16.2 Å². The average molecular weight is 476 g/mol. The number of carbonyl (C=O) groups excluding carboxylic acids is 1. The van der Waals surface area contributed by atoms with Crippen LogP contribution < -0.4 is 10.5 Å². The molecule has 0 unspecified atom stereocenters. The number of aliphatic hydroxyl groups excluding tert-OH is 1. The molecule has 0 fully saturated rings. The van der Waals surface area contributed by atoms with Crippen molar-refractivity contribution in [1.29, 1.82) is 5.26 Å². The van der Waals surface area contributed by atoms with E-state index in [-0.39, 0.29) is 12.0 Å². The lowest BCUT2D eigenvalue weighted by Gasteiger charge is -2.35. The summed E-state index contributed by atoms with van der Waals surface area (Å²) in [5.74, 6) is 1.01. The van der Waals surface area contributed by atoms with Crippen LogP contribution in [-0.2, 0) is 17.8 Å². The molecule has 35 heavy (non-hydrogen) atoms. The van der Waals surface area contributed by atoms with E-state index in [0.29, 0.717) is 48.1 Å². The maximum Gasteiger partial charge on any atom is 0.258 e. The number of amides is 1. The Labute approximate surface area is 204 Å². The molecule has 9 heteroatoms. The Bertz CT molecular complexity index is 1310. The molecule has 0 saturated heterocycles. The number of carbonyl (C=O) groups is 1. The first-order valence-electron chi connectivity index (χ1n) is 11.5. The second kappa shape index (κ2) is 9.49. The third-order valence-electron chi connectivity index (χ3n) is 6.17. The van der Waals surface area contributed by atoms with Crippen LogP contribution in [0, 0.1) is 18.3 Å². The monoisotopic (exact) mass is 475 g/mol. The predicted octanol–water partition coefficient (Wildman–Crippen LogP) is 2.97. The molecule has 0 spiro atoms. The molecule has 0 bridgehead atoms. The number of aromatic nitrogens is 2. The second-order valence-electron chi connectivity index (χ2n) is 9.34. The lowest BCUT2D eigenvalue weighted by Crippen LogP contribution is -2.56. The summed E-state index contributed by atoms with van der Waals surface area (Å²) in [5, 5.41) is 23.1. The number of ether oxygens (including phenoxy) is 1. The van der Waals surface area contributed by atoms with Gasteiger partial charge in [0.15, 0.2) is 0 Å². The number of nitrogens with zero attached hydrogens (tertiary/aromatic N) is 4. The van der Waals surface area contributed by atoms with E-state index >= 15 is 0 Å². The Morgan fingerprint density at radius 2 is 2.14 bits per heavy atom. The average Bonchev–Trinajstić information content (AvgIpc) is 3.33. The zero-order valence-electron chi connectivity index (χ0n) is 20.3. The highest BCUT2D eigenvalue weighted by atomic mass is 16.5. The molecule has 1 atom stereocenters. The van der Waals surface area contributed by atoms with Gasteiger partial charge in [0.1, 0.15) is 17.4 Å². The fraction of sp³-hybridized carbons (Fsp3) is 0.385. The van der Waals surface area contributed by atoms with Crippen molar-refractivity contribution in [2.45, 2.75) is 52.3 Å². The van der Waals surface area contributed by atoms with Crippen LogP contribution in [-0.4, -0.2) is 50.8 Å². The summed E-state index contributed by atoms with van der Waals surface area (Å²) in [6, 6.07) is 11.2. The lowest BCUT2D eigenvalue weighted by atomic mass is 9.90. The van der Waals surface area contributed by atoms with Crippen molar-refractivity contribution in [1.82, 2.24) is 15.0 Å². The molecule has 0 aliphatic carbocycles. The fourth-order valence-electron chi connectivity index (χ4n) is 4.24. The highest BCUT2D eigenvalue weighted by molar-refractivity contribution is 5.86. The van der Waals surface area contributed by atoms with Crippen molar-refractivity contribution in [3.05, 3.63) is 52.6 Å². The minimum absolute atomic E-state index is 0.0466. The van der Waals surface area contributed by atoms with E-state index in [1.54, 1.807) is 23.1 Å². The number of fused-ring (bicyclic) bond motifs is 1. The van der Waals surface area contributed by atoms with Crippen LogP contribution in [0.4, 0.5) is 0 Å². The topological polar surface area (TPSA) is 138 Å². The Morgan fingerprint density at radius 3 is 2.83 bits per heavy atom. The van der Waals surface area contributed by atoms with Gasteiger partial charge in [-0.05, 0) is 69.0 Å². The quantitative estimate of drug-likeness (QED) is 0.555. The van der Waals surface area contributed by atoms with E-state index in [9.17, 15) is 15.2 Å². The van der Waals surface area contributed by atoms with E-state index in [1.165, 1.54) is 6.92 Å². The van der Waals surface area contributed by atoms with Gasteiger partial charge in [-0.15, -0.1) is 0 Å². The largest absolute Gasteiger partial charge is 0.490 e. The van der Waals surface area contributed by atoms with Crippen LogP contribution >= 0.6 is 0 Å². The smallest absolute Gasteiger partial charge is 0.258 e. The highest BCUT2D eigenvalue weighted by Crippen LogP contribution is 2.32. The normalized spacial score (nSPS) is 14.9. The van der Waals surface area contributed by atoms with E-state index in [4.69, 9.17) is 15.0 Å². The number of nitriles is 1. The third-order valence-corrected chi connectivity index (χ3v) is 6.17. The van der Waals surface area contributed by atoms with Gasteiger partial charge in [-0.1, -0.05) is 17.3 Å². The highest BCUT2D eigenvalue weighted by Gasteiger charge is 2.34. The summed E-state index contributed by atoms with van der Waals surface area (Å²) in [6.45, 7) is 7.89. The molecule has 1 amide bonds. The summed E-state index contributed by atoms with van der Waals surface area (Å²) < 4.78 is 11.2. The summed E-state index contributed by atoms with van der Waals surface area (Å²) in [7, 11) is 0. The van der Waals surface area contributed by atoms with Crippen LogP contribution in [0.3, 0.4) is 0 Å². The van der Waals surface area contributed by atoms with Crippen molar-refractivity contribution in [3.63, 3.8) is 0 Å². The Balaban J connectivity index is 1.60. The molecular formula is C26H29N5O4.